The second kappa shape index (κ2) is 3.25. The molecule has 0 aliphatic heterocycles. The minimum Gasteiger partial charge on any atom is -0.371 e. The first kappa shape index (κ1) is 7.13. The van der Waals surface area contributed by atoms with Gasteiger partial charge < -0.3 is 4.90 Å². The topological polar surface area (TPSA) is 3.24 Å². The van der Waals surface area contributed by atoms with Crippen LogP contribution in [0.1, 0.15) is 6.42 Å². The van der Waals surface area contributed by atoms with Crippen LogP contribution in [0.2, 0.25) is 0 Å². The summed E-state index contributed by atoms with van der Waals surface area (Å²) in [7, 11) is 2.07. The Balaban J connectivity index is 2.47. The van der Waals surface area contributed by atoms with E-state index in [1.807, 2.05) is 6.08 Å². The molecule has 0 aromatic heterocycles. The van der Waals surface area contributed by atoms with E-state index in [0.717, 1.165) is 13.0 Å². The Hall–Kier alpha value is -0.980. The molecule has 0 amide bonds. The lowest BCUT2D eigenvalue weighted by molar-refractivity contribution is 0.481. The number of allylic oxidation sites excluding steroid dienone is 3. The third-order valence-electron chi connectivity index (χ3n) is 1.60. The van der Waals surface area contributed by atoms with E-state index in [9.17, 15) is 0 Å². The third-order valence-corrected chi connectivity index (χ3v) is 1.60. The quantitative estimate of drug-likeness (QED) is 0.535. The molecule has 0 saturated carbocycles. The van der Waals surface area contributed by atoms with Crippen LogP contribution in [-0.2, 0) is 0 Å². The first-order valence-corrected chi connectivity index (χ1v) is 3.53. The van der Waals surface area contributed by atoms with Gasteiger partial charge in [-0.3, -0.25) is 0 Å². The second-order valence-electron chi connectivity index (χ2n) is 2.44. The fourth-order valence-corrected chi connectivity index (χ4v) is 1.03. The van der Waals surface area contributed by atoms with Crippen LogP contribution in [0.5, 0.6) is 0 Å². The van der Waals surface area contributed by atoms with Gasteiger partial charge in [0.2, 0.25) is 0 Å². The van der Waals surface area contributed by atoms with Gasteiger partial charge in [-0.05, 0) is 12.5 Å². The van der Waals surface area contributed by atoms with E-state index in [-0.39, 0.29) is 0 Å². The monoisotopic (exact) mass is 135 g/mol. The Labute approximate surface area is 62.3 Å². The van der Waals surface area contributed by atoms with Gasteiger partial charge in [-0.15, -0.1) is 6.58 Å². The smallest absolute Gasteiger partial charge is 0.0353 e. The number of hydrogen-bond acceptors (Lipinski definition) is 1. The highest BCUT2D eigenvalue weighted by atomic mass is 15.1. The summed E-state index contributed by atoms with van der Waals surface area (Å²) < 4.78 is 0. The summed E-state index contributed by atoms with van der Waals surface area (Å²) >= 11 is 0. The predicted molar refractivity (Wildman–Crippen MR) is 44.7 cm³/mol. The molecule has 0 unspecified atom stereocenters. The molecule has 1 aliphatic carbocycles. The summed E-state index contributed by atoms with van der Waals surface area (Å²) in [5.41, 5.74) is 1.31. The van der Waals surface area contributed by atoms with Gasteiger partial charge in [-0.2, -0.15) is 0 Å². The molecule has 1 rings (SSSR count). The summed E-state index contributed by atoms with van der Waals surface area (Å²) in [5.74, 6) is 0. The van der Waals surface area contributed by atoms with Gasteiger partial charge in [0, 0.05) is 19.3 Å². The fourth-order valence-electron chi connectivity index (χ4n) is 1.03. The van der Waals surface area contributed by atoms with Gasteiger partial charge in [0.15, 0.2) is 0 Å². The third kappa shape index (κ3) is 1.50. The molecule has 54 valence electrons. The maximum absolute atomic E-state index is 3.68. The highest BCUT2D eigenvalue weighted by Crippen LogP contribution is 2.11. The second-order valence-corrected chi connectivity index (χ2v) is 2.44. The molecule has 0 aromatic carbocycles. The Morgan fingerprint density at radius 3 is 3.10 bits per heavy atom. The van der Waals surface area contributed by atoms with Crippen molar-refractivity contribution >= 4 is 0 Å². The van der Waals surface area contributed by atoms with E-state index in [0.29, 0.717) is 0 Å². The van der Waals surface area contributed by atoms with Gasteiger partial charge in [-0.25, -0.2) is 0 Å². The van der Waals surface area contributed by atoms with Crippen molar-refractivity contribution in [3.05, 3.63) is 36.6 Å². The number of nitrogens with zero attached hydrogens (tertiary/aromatic N) is 1. The molecular formula is C9H13N. The molecule has 1 nitrogen and oxygen atoms in total. The van der Waals surface area contributed by atoms with Crippen LogP contribution in [0, 0.1) is 0 Å². The van der Waals surface area contributed by atoms with E-state index in [2.05, 4.69) is 36.8 Å². The maximum Gasteiger partial charge on any atom is 0.0353 e. The molecule has 10 heavy (non-hydrogen) atoms. The van der Waals surface area contributed by atoms with E-state index >= 15 is 0 Å². The van der Waals surface area contributed by atoms with Gasteiger partial charge >= 0.3 is 0 Å². The van der Waals surface area contributed by atoms with Gasteiger partial charge in [-0.1, -0.05) is 18.2 Å². The summed E-state index contributed by atoms with van der Waals surface area (Å²) in [6.07, 6.45) is 9.51. The zero-order chi connectivity index (χ0) is 7.40. The molecule has 0 aromatic rings. The minimum absolute atomic E-state index is 0.927. The van der Waals surface area contributed by atoms with Gasteiger partial charge in [0.05, 0.1) is 0 Å². The summed E-state index contributed by atoms with van der Waals surface area (Å²) in [6.45, 7) is 4.61. The average Bonchev–Trinajstić information content (AvgIpc) is 2.38. The van der Waals surface area contributed by atoms with Crippen molar-refractivity contribution in [2.45, 2.75) is 6.42 Å². The van der Waals surface area contributed by atoms with Crippen LogP contribution < -0.4 is 0 Å². The normalized spacial score (nSPS) is 15.1. The molecule has 0 N–H and O–H groups in total. The van der Waals surface area contributed by atoms with Crippen LogP contribution in [0.15, 0.2) is 36.6 Å². The average molecular weight is 135 g/mol. The summed E-state index contributed by atoms with van der Waals surface area (Å²) in [5, 5.41) is 0. The summed E-state index contributed by atoms with van der Waals surface area (Å²) in [6, 6.07) is 0. The zero-order valence-electron chi connectivity index (χ0n) is 6.38. The van der Waals surface area contributed by atoms with Crippen molar-refractivity contribution in [1.29, 1.82) is 0 Å². The first-order valence-electron chi connectivity index (χ1n) is 3.53. The van der Waals surface area contributed by atoms with Crippen molar-refractivity contribution in [3.8, 4) is 0 Å². The van der Waals surface area contributed by atoms with E-state index in [1.54, 1.807) is 0 Å². The van der Waals surface area contributed by atoms with Gasteiger partial charge in [0.1, 0.15) is 0 Å². The Morgan fingerprint density at radius 1 is 1.80 bits per heavy atom. The SMILES string of the molecule is C=CCN(C)C1=CCC=C1. The molecular weight excluding hydrogens is 122 g/mol. The van der Waals surface area contributed by atoms with Crippen LogP contribution in [0.4, 0.5) is 0 Å². The highest BCUT2D eigenvalue weighted by molar-refractivity contribution is 5.24. The van der Waals surface area contributed by atoms with Crippen LogP contribution in [-0.4, -0.2) is 18.5 Å². The highest BCUT2D eigenvalue weighted by Gasteiger charge is 2.00. The van der Waals surface area contributed by atoms with E-state index in [4.69, 9.17) is 0 Å². The number of hydrogen-bond donors (Lipinski definition) is 0. The molecule has 0 spiro atoms. The molecule has 0 radical (unpaired) electrons. The Morgan fingerprint density at radius 2 is 2.60 bits per heavy atom. The molecule has 1 heteroatoms. The standard InChI is InChI=1S/C9H13N/c1-3-8-10(2)9-6-4-5-7-9/h3-4,6-7H,1,5,8H2,2H3. The van der Waals surface area contributed by atoms with Crippen molar-refractivity contribution in [1.82, 2.24) is 4.90 Å². The van der Waals surface area contributed by atoms with E-state index < -0.39 is 0 Å². The molecule has 0 saturated heterocycles. The lowest BCUT2D eigenvalue weighted by Crippen LogP contribution is -2.15. The molecule has 0 atom stereocenters. The van der Waals surface area contributed by atoms with Crippen LogP contribution >= 0.6 is 0 Å². The van der Waals surface area contributed by atoms with Crippen LogP contribution in [0.3, 0.4) is 0 Å². The minimum atomic E-state index is 0.927. The lowest BCUT2D eigenvalue weighted by Gasteiger charge is -2.16. The molecule has 0 heterocycles. The molecule has 1 aliphatic rings. The zero-order valence-corrected chi connectivity index (χ0v) is 6.38. The molecule has 0 bridgehead atoms. The predicted octanol–water partition coefficient (Wildman–Crippen LogP) is 1.95. The van der Waals surface area contributed by atoms with Crippen molar-refractivity contribution in [3.63, 3.8) is 0 Å². The van der Waals surface area contributed by atoms with E-state index in [1.165, 1.54) is 5.70 Å². The maximum atomic E-state index is 3.68. The fraction of sp³-hybridized carbons (Fsp3) is 0.333. The largest absolute Gasteiger partial charge is 0.371 e. The van der Waals surface area contributed by atoms with Crippen molar-refractivity contribution < 1.29 is 0 Å². The molecule has 0 fully saturated rings. The number of rotatable bonds is 3. The number of likely N-dealkylation sites (N-methyl/N-ethyl adjacent to an activating group) is 1. The van der Waals surface area contributed by atoms with Crippen molar-refractivity contribution in [2.24, 2.45) is 0 Å². The lowest BCUT2D eigenvalue weighted by atomic mass is 10.4. The van der Waals surface area contributed by atoms with Crippen LogP contribution in [0.25, 0.3) is 0 Å². The first-order chi connectivity index (χ1) is 4.84. The summed E-state index contributed by atoms with van der Waals surface area (Å²) in [4.78, 5) is 2.18. The van der Waals surface area contributed by atoms with Crippen molar-refractivity contribution in [2.75, 3.05) is 13.6 Å². The Bertz CT molecular complexity index is 177. The Kier molecular flexibility index (Phi) is 2.32. The van der Waals surface area contributed by atoms with Gasteiger partial charge in [0.25, 0.3) is 0 Å².